The highest BCUT2D eigenvalue weighted by molar-refractivity contribution is 4.94. The molecule has 3 nitrogen and oxygen atoms in total. The van der Waals surface area contributed by atoms with E-state index in [-0.39, 0.29) is 0 Å². The average Bonchev–Trinajstić information content (AvgIpc) is 2.55. The molecule has 118 valence electrons. The molecule has 0 aromatic carbocycles. The lowest BCUT2D eigenvalue weighted by Gasteiger charge is -2.47. The Hall–Kier alpha value is -0.120. The molecule has 3 atom stereocenters. The molecule has 0 radical (unpaired) electrons. The van der Waals surface area contributed by atoms with Gasteiger partial charge in [-0.05, 0) is 64.2 Å². The molecule has 0 bridgehead atoms. The second kappa shape index (κ2) is 7.77. The Labute approximate surface area is 126 Å². The third kappa shape index (κ3) is 4.19. The zero-order valence-corrected chi connectivity index (χ0v) is 14.1. The summed E-state index contributed by atoms with van der Waals surface area (Å²) in [6, 6.07) is 1.63. The highest BCUT2D eigenvalue weighted by Crippen LogP contribution is 2.34. The van der Waals surface area contributed by atoms with Crippen molar-refractivity contribution in [3.05, 3.63) is 0 Å². The van der Waals surface area contributed by atoms with Crippen LogP contribution in [-0.2, 0) is 0 Å². The van der Waals surface area contributed by atoms with Crippen LogP contribution in [0.25, 0.3) is 0 Å². The third-order valence-corrected chi connectivity index (χ3v) is 5.18. The maximum atomic E-state index is 3.68. The molecule has 0 amide bonds. The summed E-state index contributed by atoms with van der Waals surface area (Å²) >= 11 is 0. The van der Waals surface area contributed by atoms with Crippen LogP contribution in [0.15, 0.2) is 0 Å². The maximum Gasteiger partial charge on any atom is 0.0223 e. The molecule has 3 heteroatoms. The van der Waals surface area contributed by atoms with Crippen LogP contribution in [0.5, 0.6) is 0 Å². The minimum absolute atomic E-state index is 0.767. The lowest BCUT2D eigenvalue weighted by atomic mass is 9.77. The quantitative estimate of drug-likeness (QED) is 0.807. The van der Waals surface area contributed by atoms with Gasteiger partial charge in [0.15, 0.2) is 0 Å². The summed E-state index contributed by atoms with van der Waals surface area (Å²) in [6.07, 6.45) is 5.50. The molecule has 2 fully saturated rings. The van der Waals surface area contributed by atoms with Gasteiger partial charge >= 0.3 is 0 Å². The van der Waals surface area contributed by atoms with Crippen molar-refractivity contribution < 1.29 is 0 Å². The van der Waals surface area contributed by atoms with Crippen molar-refractivity contribution >= 4 is 0 Å². The molecular formula is C17H35N3. The fourth-order valence-electron chi connectivity index (χ4n) is 3.85. The van der Waals surface area contributed by atoms with E-state index >= 15 is 0 Å². The van der Waals surface area contributed by atoms with Gasteiger partial charge in [-0.25, -0.2) is 0 Å². The van der Waals surface area contributed by atoms with E-state index in [0.717, 1.165) is 23.9 Å². The highest BCUT2D eigenvalue weighted by atomic mass is 15.3. The predicted octanol–water partition coefficient (Wildman–Crippen LogP) is 2.43. The zero-order valence-electron chi connectivity index (χ0n) is 14.1. The van der Waals surface area contributed by atoms with Gasteiger partial charge in [-0.3, -0.25) is 4.90 Å². The first kappa shape index (κ1) is 16.3. The number of hydrogen-bond donors (Lipinski definition) is 1. The number of nitrogens with one attached hydrogen (secondary N) is 1. The molecule has 20 heavy (non-hydrogen) atoms. The lowest BCUT2D eigenvalue weighted by molar-refractivity contribution is 0.0271. The monoisotopic (exact) mass is 281 g/mol. The molecule has 1 saturated heterocycles. The summed E-state index contributed by atoms with van der Waals surface area (Å²) in [6.45, 7) is 13.2. The minimum Gasteiger partial charge on any atom is -0.316 e. The normalized spacial score (nSPS) is 33.1. The molecule has 2 aliphatic rings. The fourth-order valence-corrected chi connectivity index (χ4v) is 3.85. The van der Waals surface area contributed by atoms with E-state index in [1.54, 1.807) is 0 Å². The van der Waals surface area contributed by atoms with Crippen molar-refractivity contribution in [2.45, 2.75) is 58.5 Å². The number of hydrogen-bond acceptors (Lipinski definition) is 3. The van der Waals surface area contributed by atoms with Gasteiger partial charge in [-0.15, -0.1) is 0 Å². The van der Waals surface area contributed by atoms with E-state index in [2.05, 4.69) is 42.9 Å². The van der Waals surface area contributed by atoms with E-state index in [4.69, 9.17) is 0 Å². The molecule has 1 aliphatic carbocycles. The summed E-state index contributed by atoms with van der Waals surface area (Å²) in [5, 5.41) is 3.68. The van der Waals surface area contributed by atoms with Crippen molar-refractivity contribution in [1.29, 1.82) is 0 Å². The van der Waals surface area contributed by atoms with E-state index in [0.29, 0.717) is 0 Å². The molecule has 0 aromatic heterocycles. The number of rotatable bonds is 6. The third-order valence-electron chi connectivity index (χ3n) is 5.18. The van der Waals surface area contributed by atoms with E-state index < -0.39 is 0 Å². The molecule has 1 heterocycles. The summed E-state index contributed by atoms with van der Waals surface area (Å²) in [4.78, 5) is 5.38. The van der Waals surface area contributed by atoms with Gasteiger partial charge in [-0.1, -0.05) is 20.8 Å². The van der Waals surface area contributed by atoms with Crippen LogP contribution in [0.1, 0.15) is 46.5 Å². The smallest absolute Gasteiger partial charge is 0.0223 e. The average molecular weight is 281 g/mol. The van der Waals surface area contributed by atoms with Crippen LogP contribution < -0.4 is 5.32 Å². The van der Waals surface area contributed by atoms with Crippen molar-refractivity contribution in [3.63, 3.8) is 0 Å². The summed E-state index contributed by atoms with van der Waals surface area (Å²) in [5.74, 6) is 1.66. The van der Waals surface area contributed by atoms with E-state index in [1.165, 1.54) is 58.4 Å². The summed E-state index contributed by atoms with van der Waals surface area (Å²) < 4.78 is 0. The van der Waals surface area contributed by atoms with Crippen LogP contribution in [0.4, 0.5) is 0 Å². The molecule has 0 aromatic rings. The standard InChI is InChI=1S/C17H35N3/c1-5-16-13-19(4)9-6-10-20(16)17-8-7-15(17)12-18-11-14(2)3/h14-18H,5-13H2,1-4H3. The Morgan fingerprint density at radius 3 is 2.60 bits per heavy atom. The number of nitrogens with zero attached hydrogens (tertiary/aromatic N) is 2. The van der Waals surface area contributed by atoms with Crippen molar-refractivity contribution in [3.8, 4) is 0 Å². The molecular weight excluding hydrogens is 246 g/mol. The van der Waals surface area contributed by atoms with Gasteiger partial charge in [0, 0.05) is 25.2 Å². The van der Waals surface area contributed by atoms with E-state index in [1.807, 2.05) is 0 Å². The largest absolute Gasteiger partial charge is 0.316 e. The second-order valence-corrected chi connectivity index (χ2v) is 7.37. The van der Waals surface area contributed by atoms with Crippen LogP contribution in [0, 0.1) is 11.8 Å². The fraction of sp³-hybridized carbons (Fsp3) is 1.00. The van der Waals surface area contributed by atoms with Crippen LogP contribution in [0.3, 0.4) is 0 Å². The van der Waals surface area contributed by atoms with Crippen LogP contribution in [0.2, 0.25) is 0 Å². The highest BCUT2D eigenvalue weighted by Gasteiger charge is 2.38. The molecule has 0 spiro atoms. The van der Waals surface area contributed by atoms with Gasteiger partial charge in [0.05, 0.1) is 0 Å². The van der Waals surface area contributed by atoms with Crippen LogP contribution >= 0.6 is 0 Å². The van der Waals surface area contributed by atoms with Gasteiger partial charge in [0.1, 0.15) is 0 Å². The van der Waals surface area contributed by atoms with Gasteiger partial charge in [0.25, 0.3) is 0 Å². The van der Waals surface area contributed by atoms with Crippen molar-refractivity contribution in [1.82, 2.24) is 15.1 Å². The topological polar surface area (TPSA) is 18.5 Å². The maximum absolute atomic E-state index is 3.68. The molecule has 2 rings (SSSR count). The van der Waals surface area contributed by atoms with Crippen molar-refractivity contribution in [2.24, 2.45) is 11.8 Å². The Morgan fingerprint density at radius 2 is 2.00 bits per heavy atom. The first-order chi connectivity index (χ1) is 9.61. The van der Waals surface area contributed by atoms with Gasteiger partial charge in [0.2, 0.25) is 0 Å². The number of likely N-dealkylation sites (N-methyl/N-ethyl adjacent to an activating group) is 1. The molecule has 3 unspecified atom stereocenters. The first-order valence-corrected chi connectivity index (χ1v) is 8.76. The zero-order chi connectivity index (χ0) is 14.5. The minimum atomic E-state index is 0.767. The van der Waals surface area contributed by atoms with Gasteiger partial charge in [-0.2, -0.15) is 0 Å². The van der Waals surface area contributed by atoms with Crippen LogP contribution in [-0.4, -0.2) is 61.7 Å². The Kier molecular flexibility index (Phi) is 6.31. The van der Waals surface area contributed by atoms with E-state index in [9.17, 15) is 0 Å². The Bertz CT molecular complexity index is 279. The Morgan fingerprint density at radius 1 is 1.20 bits per heavy atom. The molecule has 1 aliphatic heterocycles. The van der Waals surface area contributed by atoms with Crippen molar-refractivity contribution in [2.75, 3.05) is 39.8 Å². The summed E-state index contributed by atoms with van der Waals surface area (Å²) in [7, 11) is 2.29. The molecule has 1 N–H and O–H groups in total. The predicted molar refractivity (Wildman–Crippen MR) is 87.1 cm³/mol. The second-order valence-electron chi connectivity index (χ2n) is 7.37. The Balaban J connectivity index is 1.85. The van der Waals surface area contributed by atoms with Gasteiger partial charge < -0.3 is 10.2 Å². The first-order valence-electron chi connectivity index (χ1n) is 8.76. The lowest BCUT2D eigenvalue weighted by Crippen LogP contribution is -2.55. The summed E-state index contributed by atoms with van der Waals surface area (Å²) in [5.41, 5.74) is 0. The molecule has 1 saturated carbocycles. The SMILES string of the molecule is CCC1CN(C)CCCN1C1CCC1CNCC(C)C.